The van der Waals surface area contributed by atoms with Crippen LogP contribution >= 0.6 is 0 Å². The first-order valence-electron chi connectivity index (χ1n) is 7.92. The van der Waals surface area contributed by atoms with Crippen molar-refractivity contribution in [3.05, 3.63) is 0 Å². The van der Waals surface area contributed by atoms with E-state index < -0.39 is 12.0 Å². The molecule has 0 aromatic heterocycles. The highest BCUT2D eigenvalue weighted by Gasteiger charge is 2.48. The Balaban J connectivity index is 0.00000242. The maximum Gasteiger partial charge on any atom is 0.275 e. The minimum absolute atomic E-state index is 0. The van der Waals surface area contributed by atoms with Crippen LogP contribution in [0.4, 0.5) is 8.78 Å². The number of hydrogen-bond donors (Lipinski definition) is 1. The zero-order valence-corrected chi connectivity index (χ0v) is 13.2. The van der Waals surface area contributed by atoms with Crippen molar-refractivity contribution >= 4 is 5.91 Å². The van der Waals surface area contributed by atoms with E-state index in [0.717, 1.165) is 19.4 Å². The summed E-state index contributed by atoms with van der Waals surface area (Å²) in [5.41, 5.74) is 0. The summed E-state index contributed by atoms with van der Waals surface area (Å²) in [6, 6.07) is -0.337. The Morgan fingerprint density at radius 3 is 2.33 bits per heavy atom. The van der Waals surface area contributed by atoms with Crippen molar-refractivity contribution in [2.24, 2.45) is 0 Å². The van der Waals surface area contributed by atoms with Gasteiger partial charge in [-0.15, -0.1) is 0 Å². The molecule has 1 N–H and O–H groups in total. The molecule has 1 atom stereocenters. The largest absolute Gasteiger partial charge is 0.354 e. The molecule has 2 aliphatic rings. The molecular formula is C15H29F2N3O. The van der Waals surface area contributed by atoms with Gasteiger partial charge in [0.2, 0.25) is 5.91 Å². The zero-order chi connectivity index (χ0) is 15.6. The third-order valence-corrected chi connectivity index (χ3v) is 4.70. The molecule has 1 amide bonds. The highest BCUT2D eigenvalue weighted by Crippen LogP contribution is 2.33. The molecule has 0 aromatic rings. The fraction of sp³-hybridized carbons (Fsp3) is 0.933. The van der Waals surface area contributed by atoms with E-state index in [4.69, 9.17) is 0 Å². The van der Waals surface area contributed by atoms with Crippen LogP contribution in [0.3, 0.4) is 0 Å². The van der Waals surface area contributed by atoms with Gasteiger partial charge in [0.25, 0.3) is 5.92 Å². The number of piperidine rings is 2. The summed E-state index contributed by atoms with van der Waals surface area (Å²) < 4.78 is 28.8. The van der Waals surface area contributed by atoms with Crippen LogP contribution in [0.5, 0.6) is 0 Å². The Kier molecular flexibility index (Phi) is 5.20. The fourth-order valence-electron chi connectivity index (χ4n) is 3.49. The molecule has 0 radical (unpaired) electrons. The Morgan fingerprint density at radius 2 is 1.86 bits per heavy atom. The van der Waals surface area contributed by atoms with E-state index in [-0.39, 0.29) is 26.0 Å². The number of nitrogens with one attached hydrogen (secondary N) is 1. The van der Waals surface area contributed by atoms with Gasteiger partial charge in [-0.25, -0.2) is 8.78 Å². The average Bonchev–Trinajstić information content (AvgIpc) is 2.38. The molecule has 2 rings (SSSR count). The first-order valence-corrected chi connectivity index (χ1v) is 7.92. The van der Waals surface area contributed by atoms with E-state index in [1.807, 2.05) is 23.6 Å². The van der Waals surface area contributed by atoms with Crippen LogP contribution in [-0.2, 0) is 4.79 Å². The van der Waals surface area contributed by atoms with Crippen molar-refractivity contribution in [3.63, 3.8) is 0 Å². The normalized spacial score (nSPS) is 28.8. The molecule has 1 unspecified atom stereocenters. The summed E-state index contributed by atoms with van der Waals surface area (Å²) in [5.74, 6) is -2.69. The van der Waals surface area contributed by atoms with Gasteiger partial charge < -0.3 is 5.32 Å². The minimum Gasteiger partial charge on any atom is -0.354 e. The van der Waals surface area contributed by atoms with Crippen LogP contribution in [0, 0.1) is 0 Å². The van der Waals surface area contributed by atoms with E-state index >= 15 is 0 Å². The quantitative estimate of drug-likeness (QED) is 0.866. The van der Waals surface area contributed by atoms with Gasteiger partial charge in [0.1, 0.15) is 0 Å². The number of likely N-dealkylation sites (tertiary alicyclic amines) is 2. The van der Waals surface area contributed by atoms with Gasteiger partial charge in [-0.1, -0.05) is 0 Å². The second-order valence-electron chi connectivity index (χ2n) is 6.64. The van der Waals surface area contributed by atoms with Crippen LogP contribution in [0.1, 0.15) is 41.5 Å². The Hall–Kier alpha value is -0.750. The summed E-state index contributed by atoms with van der Waals surface area (Å²) in [7, 11) is 0. The fourth-order valence-corrected chi connectivity index (χ4v) is 3.49. The lowest BCUT2D eigenvalue weighted by Gasteiger charge is -2.46. The summed E-state index contributed by atoms with van der Waals surface area (Å²) in [6.07, 6.45) is 2.05. The maximum absolute atomic E-state index is 14.4. The highest BCUT2D eigenvalue weighted by molar-refractivity contribution is 5.73. The summed E-state index contributed by atoms with van der Waals surface area (Å²) >= 11 is 0. The number of rotatable bonds is 3. The molecular weight excluding hydrogens is 276 g/mol. The number of amides is 1. The molecule has 2 heterocycles. The average molecular weight is 305 g/mol. The summed E-state index contributed by atoms with van der Waals surface area (Å²) in [4.78, 5) is 14.8. The van der Waals surface area contributed by atoms with Crippen molar-refractivity contribution < 1.29 is 15.0 Å². The first kappa shape index (κ1) is 16.6. The molecule has 0 aromatic carbocycles. The van der Waals surface area contributed by atoms with Crippen molar-refractivity contribution in [2.75, 3.05) is 26.2 Å². The molecule has 0 aliphatic carbocycles. The van der Waals surface area contributed by atoms with Crippen molar-refractivity contribution in [1.29, 1.82) is 0 Å². The van der Waals surface area contributed by atoms with Gasteiger partial charge in [0.15, 0.2) is 0 Å². The van der Waals surface area contributed by atoms with Gasteiger partial charge in [0, 0.05) is 40.1 Å². The molecule has 2 saturated heterocycles. The van der Waals surface area contributed by atoms with Gasteiger partial charge >= 0.3 is 0 Å². The zero-order valence-electron chi connectivity index (χ0n) is 13.2. The molecule has 2 fully saturated rings. The van der Waals surface area contributed by atoms with Gasteiger partial charge in [-0.3, -0.25) is 14.6 Å². The smallest absolute Gasteiger partial charge is 0.275 e. The van der Waals surface area contributed by atoms with Crippen LogP contribution in [0.15, 0.2) is 0 Å². The Labute approximate surface area is 127 Å². The SMILES string of the molecule is CC(=O)NC1CCN(C2CCN(C(C)C)CC2(F)F)CC1.[HH]. The molecule has 21 heavy (non-hydrogen) atoms. The first-order chi connectivity index (χ1) is 9.79. The van der Waals surface area contributed by atoms with Crippen LogP contribution in [0.25, 0.3) is 0 Å². The lowest BCUT2D eigenvalue weighted by atomic mass is 9.94. The van der Waals surface area contributed by atoms with Crippen LogP contribution in [-0.4, -0.2) is 65.9 Å². The van der Waals surface area contributed by atoms with Gasteiger partial charge in [0.05, 0.1) is 12.6 Å². The van der Waals surface area contributed by atoms with Crippen molar-refractivity contribution in [2.45, 2.75) is 64.1 Å². The van der Waals surface area contributed by atoms with Crippen molar-refractivity contribution in [3.8, 4) is 0 Å². The van der Waals surface area contributed by atoms with E-state index in [1.54, 1.807) is 0 Å². The minimum atomic E-state index is -2.65. The number of halogens is 2. The predicted molar refractivity (Wildman–Crippen MR) is 80.6 cm³/mol. The summed E-state index contributed by atoms with van der Waals surface area (Å²) in [6.45, 7) is 7.33. The maximum atomic E-state index is 14.4. The lowest BCUT2D eigenvalue weighted by molar-refractivity contribution is -0.137. The van der Waals surface area contributed by atoms with Crippen molar-refractivity contribution in [1.82, 2.24) is 15.1 Å². The topological polar surface area (TPSA) is 35.6 Å². The van der Waals surface area contributed by atoms with E-state index in [2.05, 4.69) is 5.32 Å². The van der Waals surface area contributed by atoms with Gasteiger partial charge in [-0.05, 0) is 33.1 Å². The van der Waals surface area contributed by atoms with E-state index in [1.165, 1.54) is 6.92 Å². The summed E-state index contributed by atoms with van der Waals surface area (Å²) in [5, 5.41) is 2.89. The van der Waals surface area contributed by atoms with Crippen LogP contribution in [0.2, 0.25) is 0 Å². The standard InChI is InChI=1S/C15H27F2N3O.H2/c1-11(2)20-9-6-14(15(16,17)10-20)19-7-4-13(5-8-19)18-12(3)21;/h11,13-14H,4-10H2,1-3H3,(H,18,21);1H. The highest BCUT2D eigenvalue weighted by atomic mass is 19.3. The molecule has 124 valence electrons. The van der Waals surface area contributed by atoms with Gasteiger partial charge in [-0.2, -0.15) is 0 Å². The predicted octanol–water partition coefficient (Wildman–Crippen LogP) is 1.95. The Bertz CT molecular complexity index is 374. The second kappa shape index (κ2) is 6.57. The number of alkyl halides is 2. The molecule has 0 bridgehead atoms. The number of carbonyl (C=O) groups excluding carboxylic acids is 1. The Morgan fingerprint density at radius 1 is 1.24 bits per heavy atom. The number of hydrogen-bond acceptors (Lipinski definition) is 3. The molecule has 0 saturated carbocycles. The second-order valence-corrected chi connectivity index (χ2v) is 6.64. The molecule has 6 heteroatoms. The van der Waals surface area contributed by atoms with E-state index in [9.17, 15) is 13.6 Å². The number of carbonyl (C=O) groups is 1. The molecule has 2 aliphatic heterocycles. The lowest BCUT2D eigenvalue weighted by Crippen LogP contribution is -2.61. The van der Waals surface area contributed by atoms with E-state index in [0.29, 0.717) is 19.5 Å². The molecule has 4 nitrogen and oxygen atoms in total. The molecule has 0 spiro atoms. The third kappa shape index (κ3) is 4.13. The third-order valence-electron chi connectivity index (χ3n) is 4.70. The monoisotopic (exact) mass is 305 g/mol. The van der Waals surface area contributed by atoms with Crippen LogP contribution < -0.4 is 5.32 Å². The number of nitrogens with zero attached hydrogens (tertiary/aromatic N) is 2.